The number of pyridine rings is 2. The SMILES string of the molecule is Cc1nc2ccc(-c3cc(N)nc(N)c3)nc2n1C1Cc2ccccc2C1. The molecule has 5 rings (SSSR count). The zero-order chi connectivity index (χ0) is 18.5. The highest BCUT2D eigenvalue weighted by Gasteiger charge is 2.26. The van der Waals surface area contributed by atoms with Gasteiger partial charge in [-0.2, -0.15) is 0 Å². The maximum atomic E-state index is 5.86. The van der Waals surface area contributed by atoms with Crippen LogP contribution in [0.15, 0.2) is 48.5 Å². The lowest BCUT2D eigenvalue weighted by Crippen LogP contribution is -2.11. The number of nitrogens with two attached hydrogens (primary N) is 2. The van der Waals surface area contributed by atoms with Crippen LogP contribution in [0.1, 0.15) is 23.0 Å². The van der Waals surface area contributed by atoms with Crippen molar-refractivity contribution in [3.8, 4) is 11.3 Å². The Hall–Kier alpha value is -3.41. The molecule has 134 valence electrons. The van der Waals surface area contributed by atoms with E-state index in [1.165, 1.54) is 11.1 Å². The van der Waals surface area contributed by atoms with Gasteiger partial charge < -0.3 is 16.0 Å². The first-order valence-corrected chi connectivity index (χ1v) is 9.04. The number of hydrogen-bond donors (Lipinski definition) is 2. The van der Waals surface area contributed by atoms with Gasteiger partial charge in [0.2, 0.25) is 0 Å². The number of nitrogens with zero attached hydrogens (tertiary/aromatic N) is 4. The van der Waals surface area contributed by atoms with Crippen LogP contribution in [0.2, 0.25) is 0 Å². The Balaban J connectivity index is 1.62. The molecule has 27 heavy (non-hydrogen) atoms. The highest BCUT2D eigenvalue weighted by molar-refractivity contribution is 5.77. The lowest BCUT2D eigenvalue weighted by atomic mass is 10.1. The number of hydrogen-bond acceptors (Lipinski definition) is 5. The summed E-state index contributed by atoms with van der Waals surface area (Å²) in [6.07, 6.45) is 2.01. The molecule has 0 bridgehead atoms. The number of aryl methyl sites for hydroxylation is 1. The molecule has 3 heterocycles. The van der Waals surface area contributed by atoms with E-state index in [0.29, 0.717) is 17.7 Å². The molecule has 0 aliphatic heterocycles. The standard InChI is InChI=1S/C21H20N6/c1-12-24-18-7-6-17(15-10-19(22)26-20(23)11-15)25-21(18)27(12)16-8-13-4-2-3-5-14(13)9-16/h2-7,10-11,16H,8-9H2,1H3,(H4,22,23,26). The molecule has 1 aliphatic rings. The number of imidazole rings is 1. The minimum Gasteiger partial charge on any atom is -0.384 e. The number of nitrogen functional groups attached to an aromatic ring is 2. The molecule has 0 saturated carbocycles. The van der Waals surface area contributed by atoms with E-state index >= 15 is 0 Å². The lowest BCUT2D eigenvalue weighted by molar-refractivity contribution is 0.527. The van der Waals surface area contributed by atoms with Gasteiger partial charge in [-0.1, -0.05) is 24.3 Å². The molecule has 1 aliphatic carbocycles. The van der Waals surface area contributed by atoms with Crippen LogP contribution >= 0.6 is 0 Å². The van der Waals surface area contributed by atoms with Crippen molar-refractivity contribution in [1.82, 2.24) is 19.5 Å². The van der Waals surface area contributed by atoms with Crippen molar-refractivity contribution in [2.24, 2.45) is 0 Å². The average Bonchev–Trinajstić information content (AvgIpc) is 3.19. The second kappa shape index (κ2) is 5.81. The Morgan fingerprint density at radius 3 is 2.22 bits per heavy atom. The average molecular weight is 356 g/mol. The molecular formula is C21H20N6. The molecule has 0 fully saturated rings. The summed E-state index contributed by atoms with van der Waals surface area (Å²) in [5.41, 5.74) is 18.0. The van der Waals surface area contributed by atoms with Crippen LogP contribution in [-0.4, -0.2) is 19.5 Å². The summed E-state index contributed by atoms with van der Waals surface area (Å²) in [6, 6.07) is 16.5. The van der Waals surface area contributed by atoms with Gasteiger partial charge in [0.1, 0.15) is 23.0 Å². The number of fused-ring (bicyclic) bond motifs is 2. The predicted molar refractivity (Wildman–Crippen MR) is 107 cm³/mol. The van der Waals surface area contributed by atoms with Crippen molar-refractivity contribution >= 4 is 22.8 Å². The number of rotatable bonds is 2. The van der Waals surface area contributed by atoms with E-state index in [-0.39, 0.29) is 0 Å². The molecule has 4 aromatic rings. The maximum absolute atomic E-state index is 5.86. The molecule has 6 heteroatoms. The van der Waals surface area contributed by atoms with Gasteiger partial charge in [0, 0.05) is 11.6 Å². The Morgan fingerprint density at radius 1 is 0.889 bits per heavy atom. The largest absolute Gasteiger partial charge is 0.384 e. The highest BCUT2D eigenvalue weighted by Crippen LogP contribution is 2.33. The second-order valence-electron chi connectivity index (χ2n) is 7.10. The fraction of sp³-hybridized carbons (Fsp3) is 0.190. The van der Waals surface area contributed by atoms with Crippen molar-refractivity contribution in [2.75, 3.05) is 11.5 Å². The third-order valence-electron chi connectivity index (χ3n) is 5.27. The van der Waals surface area contributed by atoms with Crippen LogP contribution in [0, 0.1) is 6.92 Å². The molecule has 0 amide bonds. The molecule has 1 aromatic carbocycles. The smallest absolute Gasteiger partial charge is 0.160 e. The Bertz CT molecular complexity index is 1130. The molecule has 0 saturated heterocycles. The molecule has 4 N–H and O–H groups in total. The quantitative estimate of drug-likeness (QED) is 0.574. The Labute approximate surface area is 156 Å². The molecule has 3 aromatic heterocycles. The van der Waals surface area contributed by atoms with Gasteiger partial charge in [0.25, 0.3) is 0 Å². The van der Waals surface area contributed by atoms with Crippen molar-refractivity contribution in [1.29, 1.82) is 0 Å². The summed E-state index contributed by atoms with van der Waals surface area (Å²) in [7, 11) is 0. The van der Waals surface area contributed by atoms with Crippen LogP contribution < -0.4 is 11.5 Å². The summed E-state index contributed by atoms with van der Waals surface area (Å²) in [5, 5.41) is 0. The molecule has 0 radical (unpaired) electrons. The third kappa shape index (κ3) is 2.61. The fourth-order valence-corrected chi connectivity index (χ4v) is 4.12. The van der Waals surface area contributed by atoms with E-state index < -0.39 is 0 Å². The van der Waals surface area contributed by atoms with Crippen molar-refractivity contribution < 1.29 is 0 Å². The van der Waals surface area contributed by atoms with Gasteiger partial charge in [0.05, 0.1) is 5.69 Å². The summed E-state index contributed by atoms with van der Waals surface area (Å²) in [5.74, 6) is 1.77. The maximum Gasteiger partial charge on any atom is 0.160 e. The number of aromatic nitrogens is 4. The Kier molecular flexibility index (Phi) is 3.40. The van der Waals surface area contributed by atoms with Crippen LogP contribution in [0.3, 0.4) is 0 Å². The first-order valence-electron chi connectivity index (χ1n) is 9.04. The summed E-state index contributed by atoms with van der Waals surface area (Å²) in [4.78, 5) is 13.7. The van der Waals surface area contributed by atoms with E-state index in [1.54, 1.807) is 12.1 Å². The summed E-state index contributed by atoms with van der Waals surface area (Å²) in [6.45, 7) is 2.05. The minimum absolute atomic E-state index is 0.336. The zero-order valence-corrected chi connectivity index (χ0v) is 15.1. The van der Waals surface area contributed by atoms with Crippen LogP contribution in [0.4, 0.5) is 11.6 Å². The molecule has 6 nitrogen and oxygen atoms in total. The minimum atomic E-state index is 0.336. The van der Waals surface area contributed by atoms with Crippen molar-refractivity contribution in [2.45, 2.75) is 25.8 Å². The topological polar surface area (TPSA) is 95.6 Å². The predicted octanol–water partition coefficient (Wildman–Crippen LogP) is 3.31. The van der Waals surface area contributed by atoms with Gasteiger partial charge in [-0.25, -0.2) is 15.0 Å². The fourth-order valence-electron chi connectivity index (χ4n) is 4.12. The number of benzene rings is 1. The third-order valence-corrected chi connectivity index (χ3v) is 5.27. The van der Waals surface area contributed by atoms with E-state index in [1.807, 2.05) is 19.1 Å². The molecule has 0 spiro atoms. The van der Waals surface area contributed by atoms with Gasteiger partial charge in [-0.15, -0.1) is 0 Å². The second-order valence-corrected chi connectivity index (χ2v) is 7.10. The number of anilines is 2. The molecule has 0 unspecified atom stereocenters. The zero-order valence-electron chi connectivity index (χ0n) is 15.1. The first-order chi connectivity index (χ1) is 13.1. The van der Waals surface area contributed by atoms with Crippen molar-refractivity contribution in [3.05, 3.63) is 65.5 Å². The highest BCUT2D eigenvalue weighted by atomic mass is 15.2. The Morgan fingerprint density at radius 2 is 1.56 bits per heavy atom. The first kappa shape index (κ1) is 15.8. The van der Waals surface area contributed by atoms with Crippen LogP contribution in [-0.2, 0) is 12.8 Å². The van der Waals surface area contributed by atoms with Gasteiger partial charge in [0.15, 0.2) is 5.65 Å². The van der Waals surface area contributed by atoms with Gasteiger partial charge >= 0.3 is 0 Å². The summed E-state index contributed by atoms with van der Waals surface area (Å²) >= 11 is 0. The van der Waals surface area contributed by atoms with Crippen LogP contribution in [0.5, 0.6) is 0 Å². The normalized spacial score (nSPS) is 14.0. The van der Waals surface area contributed by atoms with E-state index in [2.05, 4.69) is 33.8 Å². The van der Waals surface area contributed by atoms with Crippen molar-refractivity contribution in [3.63, 3.8) is 0 Å². The van der Waals surface area contributed by atoms with Crippen LogP contribution in [0.25, 0.3) is 22.4 Å². The monoisotopic (exact) mass is 356 g/mol. The lowest BCUT2D eigenvalue weighted by Gasteiger charge is -2.14. The van der Waals surface area contributed by atoms with E-state index in [0.717, 1.165) is 41.1 Å². The van der Waals surface area contributed by atoms with Gasteiger partial charge in [-0.3, -0.25) is 0 Å². The summed E-state index contributed by atoms with van der Waals surface area (Å²) < 4.78 is 2.27. The van der Waals surface area contributed by atoms with E-state index in [4.69, 9.17) is 21.4 Å². The molecule has 0 atom stereocenters. The van der Waals surface area contributed by atoms with E-state index in [9.17, 15) is 0 Å². The molecular weight excluding hydrogens is 336 g/mol. The van der Waals surface area contributed by atoms with Gasteiger partial charge in [-0.05, 0) is 55.2 Å².